The number of halogens is 1. The standard InChI is InChI=1S/C20H37N.ClH/c1-2-3-4-5-6-7-8-9-10-11-12-13-14-15-17-20-18-16-19-21-20;/h16,18-19,21H,2-15,17H2,1H3;1H. The van der Waals surface area contributed by atoms with Gasteiger partial charge in [0.25, 0.3) is 0 Å². The number of rotatable bonds is 15. The predicted octanol–water partition coefficient (Wildman–Crippen LogP) is 7.46. The predicted molar refractivity (Wildman–Crippen MR) is 102 cm³/mol. The lowest BCUT2D eigenvalue weighted by Crippen LogP contribution is -1.86. The summed E-state index contributed by atoms with van der Waals surface area (Å²) < 4.78 is 0. The van der Waals surface area contributed by atoms with Gasteiger partial charge in [-0.3, -0.25) is 0 Å². The fourth-order valence-electron chi connectivity index (χ4n) is 3.03. The van der Waals surface area contributed by atoms with Crippen LogP contribution in [0, 0.1) is 0 Å². The molecule has 0 atom stereocenters. The van der Waals surface area contributed by atoms with E-state index >= 15 is 0 Å². The average Bonchev–Trinajstić information content (AvgIpc) is 3.01. The van der Waals surface area contributed by atoms with E-state index in [-0.39, 0.29) is 12.4 Å². The Labute approximate surface area is 145 Å². The zero-order valence-corrected chi connectivity index (χ0v) is 15.6. The topological polar surface area (TPSA) is 15.8 Å². The lowest BCUT2D eigenvalue weighted by atomic mass is 10.0. The van der Waals surface area contributed by atoms with E-state index in [1.54, 1.807) is 0 Å². The smallest absolute Gasteiger partial charge is 0.0147 e. The molecule has 0 aliphatic heterocycles. The molecule has 1 rings (SSSR count). The van der Waals surface area contributed by atoms with Gasteiger partial charge in [0.15, 0.2) is 0 Å². The molecule has 22 heavy (non-hydrogen) atoms. The highest BCUT2D eigenvalue weighted by Gasteiger charge is 1.95. The Morgan fingerprint density at radius 3 is 1.55 bits per heavy atom. The first-order valence-electron chi connectivity index (χ1n) is 9.55. The van der Waals surface area contributed by atoms with Crippen molar-refractivity contribution >= 4 is 12.4 Å². The highest BCUT2D eigenvalue weighted by atomic mass is 35.5. The average molecular weight is 328 g/mol. The SMILES string of the molecule is CCCCCCCCCCCCCCCCc1ccc[nH]1.Cl. The molecule has 0 aliphatic carbocycles. The molecule has 130 valence electrons. The summed E-state index contributed by atoms with van der Waals surface area (Å²) in [4.78, 5) is 3.28. The minimum atomic E-state index is 0. The van der Waals surface area contributed by atoms with Crippen LogP contribution in [0.1, 0.15) is 103 Å². The minimum absolute atomic E-state index is 0. The second-order valence-electron chi connectivity index (χ2n) is 6.54. The molecule has 0 spiro atoms. The molecule has 0 bridgehead atoms. The monoisotopic (exact) mass is 327 g/mol. The van der Waals surface area contributed by atoms with Gasteiger partial charge in [-0.1, -0.05) is 90.4 Å². The molecule has 2 heteroatoms. The second kappa shape index (κ2) is 16.9. The van der Waals surface area contributed by atoms with Crippen molar-refractivity contribution < 1.29 is 0 Å². The zero-order chi connectivity index (χ0) is 15.0. The van der Waals surface area contributed by atoms with Crippen LogP contribution in [0.2, 0.25) is 0 Å². The van der Waals surface area contributed by atoms with Gasteiger partial charge in [-0.15, -0.1) is 12.4 Å². The van der Waals surface area contributed by atoms with Gasteiger partial charge in [0.2, 0.25) is 0 Å². The molecule has 1 nitrogen and oxygen atoms in total. The van der Waals surface area contributed by atoms with E-state index in [1.165, 1.54) is 102 Å². The maximum Gasteiger partial charge on any atom is 0.0147 e. The van der Waals surface area contributed by atoms with Crippen LogP contribution in [0.5, 0.6) is 0 Å². The Morgan fingerprint density at radius 2 is 1.14 bits per heavy atom. The Balaban J connectivity index is 0.00000441. The molecule has 0 saturated heterocycles. The molecular weight excluding hydrogens is 290 g/mol. The Bertz CT molecular complexity index is 295. The van der Waals surface area contributed by atoms with Crippen molar-refractivity contribution in [2.24, 2.45) is 0 Å². The summed E-state index contributed by atoms with van der Waals surface area (Å²) >= 11 is 0. The Kier molecular flexibility index (Phi) is 16.6. The van der Waals surface area contributed by atoms with Crippen LogP contribution in [-0.4, -0.2) is 4.98 Å². The van der Waals surface area contributed by atoms with E-state index in [2.05, 4.69) is 24.0 Å². The first-order chi connectivity index (χ1) is 10.4. The maximum absolute atomic E-state index is 3.28. The summed E-state index contributed by atoms with van der Waals surface area (Å²) in [6, 6.07) is 4.29. The summed E-state index contributed by atoms with van der Waals surface area (Å²) in [6.45, 7) is 2.29. The number of hydrogen-bond acceptors (Lipinski definition) is 0. The third-order valence-corrected chi connectivity index (χ3v) is 4.46. The van der Waals surface area contributed by atoms with E-state index in [0.717, 1.165) is 0 Å². The molecule has 1 heterocycles. The summed E-state index contributed by atoms with van der Waals surface area (Å²) in [5.74, 6) is 0. The summed E-state index contributed by atoms with van der Waals surface area (Å²) in [5.41, 5.74) is 1.40. The Hall–Kier alpha value is -0.430. The lowest BCUT2D eigenvalue weighted by molar-refractivity contribution is 0.535. The number of H-pyrrole nitrogens is 1. The largest absolute Gasteiger partial charge is 0.365 e. The normalized spacial score (nSPS) is 10.6. The minimum Gasteiger partial charge on any atom is -0.365 e. The number of aromatic amines is 1. The fourth-order valence-corrected chi connectivity index (χ4v) is 3.03. The van der Waals surface area contributed by atoms with E-state index in [4.69, 9.17) is 0 Å². The van der Waals surface area contributed by atoms with Crippen molar-refractivity contribution in [2.45, 2.75) is 103 Å². The van der Waals surface area contributed by atoms with Crippen LogP contribution < -0.4 is 0 Å². The van der Waals surface area contributed by atoms with Gasteiger partial charge in [0.1, 0.15) is 0 Å². The number of hydrogen-bond donors (Lipinski definition) is 1. The van der Waals surface area contributed by atoms with Crippen molar-refractivity contribution in [3.05, 3.63) is 24.0 Å². The number of aryl methyl sites for hydroxylation is 1. The van der Waals surface area contributed by atoms with Gasteiger partial charge < -0.3 is 4.98 Å². The first-order valence-corrected chi connectivity index (χ1v) is 9.55. The van der Waals surface area contributed by atoms with Crippen LogP contribution in [0.25, 0.3) is 0 Å². The number of nitrogens with one attached hydrogen (secondary N) is 1. The van der Waals surface area contributed by atoms with Crippen LogP contribution >= 0.6 is 12.4 Å². The molecule has 0 amide bonds. The lowest BCUT2D eigenvalue weighted by Gasteiger charge is -2.03. The van der Waals surface area contributed by atoms with E-state index in [0.29, 0.717) is 0 Å². The van der Waals surface area contributed by atoms with Crippen molar-refractivity contribution in [3.63, 3.8) is 0 Å². The third kappa shape index (κ3) is 13.2. The van der Waals surface area contributed by atoms with Crippen LogP contribution in [0.15, 0.2) is 18.3 Å². The molecular formula is C20H38ClN. The van der Waals surface area contributed by atoms with Crippen molar-refractivity contribution in [2.75, 3.05) is 0 Å². The van der Waals surface area contributed by atoms with E-state index in [9.17, 15) is 0 Å². The zero-order valence-electron chi connectivity index (χ0n) is 14.7. The van der Waals surface area contributed by atoms with Gasteiger partial charge in [-0.05, 0) is 25.0 Å². The molecule has 1 aromatic heterocycles. The van der Waals surface area contributed by atoms with Gasteiger partial charge in [-0.25, -0.2) is 0 Å². The maximum atomic E-state index is 3.28. The van der Waals surface area contributed by atoms with Gasteiger partial charge in [0, 0.05) is 11.9 Å². The van der Waals surface area contributed by atoms with Gasteiger partial charge in [0.05, 0.1) is 0 Å². The van der Waals surface area contributed by atoms with Crippen molar-refractivity contribution in [1.82, 2.24) is 4.98 Å². The fraction of sp³-hybridized carbons (Fsp3) is 0.800. The molecule has 1 aromatic rings. The Morgan fingerprint density at radius 1 is 0.682 bits per heavy atom. The molecule has 1 N–H and O–H groups in total. The van der Waals surface area contributed by atoms with Crippen LogP contribution in [0.3, 0.4) is 0 Å². The number of aromatic nitrogens is 1. The summed E-state index contributed by atoms with van der Waals surface area (Å²) in [7, 11) is 0. The van der Waals surface area contributed by atoms with E-state index < -0.39 is 0 Å². The molecule has 0 aromatic carbocycles. The summed E-state index contributed by atoms with van der Waals surface area (Å²) in [5, 5.41) is 0. The van der Waals surface area contributed by atoms with Crippen molar-refractivity contribution in [3.8, 4) is 0 Å². The second-order valence-corrected chi connectivity index (χ2v) is 6.54. The van der Waals surface area contributed by atoms with Gasteiger partial charge >= 0.3 is 0 Å². The highest BCUT2D eigenvalue weighted by molar-refractivity contribution is 5.85. The third-order valence-electron chi connectivity index (χ3n) is 4.46. The first kappa shape index (κ1) is 21.6. The quantitative estimate of drug-likeness (QED) is 0.322. The van der Waals surface area contributed by atoms with E-state index in [1.807, 2.05) is 6.20 Å². The molecule has 0 fully saturated rings. The molecule has 0 saturated carbocycles. The van der Waals surface area contributed by atoms with Crippen molar-refractivity contribution in [1.29, 1.82) is 0 Å². The molecule has 0 unspecified atom stereocenters. The molecule has 0 aliphatic rings. The van der Waals surface area contributed by atoms with Gasteiger partial charge in [-0.2, -0.15) is 0 Å². The number of unbranched alkanes of at least 4 members (excludes halogenated alkanes) is 13. The van der Waals surface area contributed by atoms with Crippen LogP contribution in [0.4, 0.5) is 0 Å². The summed E-state index contributed by atoms with van der Waals surface area (Å²) in [6.07, 6.45) is 23.4. The van der Waals surface area contributed by atoms with Crippen LogP contribution in [-0.2, 0) is 6.42 Å². The highest BCUT2D eigenvalue weighted by Crippen LogP contribution is 2.13. The molecule has 0 radical (unpaired) electrons.